The van der Waals surface area contributed by atoms with Gasteiger partial charge in [0.15, 0.2) is 0 Å². The Morgan fingerprint density at radius 2 is 2.50 bits per heavy atom. The van der Waals surface area contributed by atoms with E-state index in [1.165, 1.54) is 11.3 Å². The third-order valence-corrected chi connectivity index (χ3v) is 2.67. The summed E-state index contributed by atoms with van der Waals surface area (Å²) in [6.45, 7) is 0. The lowest BCUT2D eigenvalue weighted by Gasteiger charge is -1.88. The van der Waals surface area contributed by atoms with Gasteiger partial charge in [-0.05, 0) is 6.07 Å². The molecule has 0 fully saturated rings. The molecule has 0 spiro atoms. The van der Waals surface area contributed by atoms with E-state index in [4.69, 9.17) is 5.11 Å². The molecule has 0 saturated heterocycles. The highest BCUT2D eigenvalue weighted by atomic mass is 32.1. The summed E-state index contributed by atoms with van der Waals surface area (Å²) in [6.07, 6.45) is 3.64. The Kier molecular flexibility index (Phi) is 2.32. The second-order valence-electron chi connectivity index (χ2n) is 2.81. The molecule has 0 aliphatic heterocycles. The third kappa shape index (κ3) is 1.82. The van der Waals surface area contributed by atoms with Gasteiger partial charge in [-0.2, -0.15) is 0 Å². The standard InChI is InChI=1S/C9H8N2O2S/c12-8(13)3-7-5-14-9(11-7)6-1-2-10-4-6/h1-2,4-5,10H,3H2,(H,12,13). The van der Waals surface area contributed by atoms with E-state index in [-0.39, 0.29) is 6.42 Å². The number of carboxylic acid groups (broad SMARTS) is 1. The van der Waals surface area contributed by atoms with Crippen LogP contribution in [0.3, 0.4) is 0 Å². The second kappa shape index (κ2) is 3.63. The van der Waals surface area contributed by atoms with Gasteiger partial charge in [0.1, 0.15) is 5.01 Å². The van der Waals surface area contributed by atoms with Crippen LogP contribution in [-0.4, -0.2) is 21.0 Å². The number of aliphatic carboxylic acids is 1. The van der Waals surface area contributed by atoms with Crippen molar-refractivity contribution in [3.05, 3.63) is 29.5 Å². The molecule has 5 heteroatoms. The average Bonchev–Trinajstić information content (AvgIpc) is 2.69. The van der Waals surface area contributed by atoms with Crippen molar-refractivity contribution in [3.63, 3.8) is 0 Å². The lowest BCUT2D eigenvalue weighted by Crippen LogP contribution is -1.99. The van der Waals surface area contributed by atoms with Crippen molar-refractivity contribution in [1.82, 2.24) is 9.97 Å². The maximum atomic E-state index is 10.4. The molecule has 0 bridgehead atoms. The summed E-state index contributed by atoms with van der Waals surface area (Å²) in [5, 5.41) is 11.2. The highest BCUT2D eigenvalue weighted by Crippen LogP contribution is 2.22. The third-order valence-electron chi connectivity index (χ3n) is 1.73. The summed E-state index contributed by atoms with van der Waals surface area (Å²) >= 11 is 1.45. The Labute approximate surface area is 84.2 Å². The molecule has 2 aromatic heterocycles. The minimum Gasteiger partial charge on any atom is -0.481 e. The maximum Gasteiger partial charge on any atom is 0.309 e. The zero-order valence-electron chi connectivity index (χ0n) is 7.23. The van der Waals surface area contributed by atoms with E-state index in [0.717, 1.165) is 10.6 Å². The first-order chi connectivity index (χ1) is 6.75. The summed E-state index contributed by atoms with van der Waals surface area (Å²) in [4.78, 5) is 17.6. The van der Waals surface area contributed by atoms with Crippen LogP contribution in [-0.2, 0) is 11.2 Å². The molecule has 0 saturated carbocycles. The van der Waals surface area contributed by atoms with Gasteiger partial charge in [0.25, 0.3) is 0 Å². The Balaban J connectivity index is 2.22. The summed E-state index contributed by atoms with van der Waals surface area (Å²) < 4.78 is 0. The van der Waals surface area contributed by atoms with Gasteiger partial charge in [-0.1, -0.05) is 0 Å². The number of nitrogens with one attached hydrogen (secondary N) is 1. The van der Waals surface area contributed by atoms with Gasteiger partial charge in [-0.25, -0.2) is 4.98 Å². The normalized spacial score (nSPS) is 10.3. The minimum atomic E-state index is -0.851. The van der Waals surface area contributed by atoms with Crippen LogP contribution in [0, 0.1) is 0 Å². The van der Waals surface area contributed by atoms with Gasteiger partial charge in [-0.3, -0.25) is 4.79 Å². The van der Waals surface area contributed by atoms with Crippen molar-refractivity contribution in [3.8, 4) is 10.6 Å². The molecule has 2 rings (SSSR count). The Morgan fingerprint density at radius 3 is 3.14 bits per heavy atom. The Morgan fingerprint density at radius 1 is 1.64 bits per heavy atom. The zero-order chi connectivity index (χ0) is 9.97. The number of carboxylic acids is 1. The Hall–Kier alpha value is -1.62. The number of aromatic nitrogens is 2. The van der Waals surface area contributed by atoms with Crippen molar-refractivity contribution in [1.29, 1.82) is 0 Å². The molecule has 2 aromatic rings. The molecule has 0 unspecified atom stereocenters. The lowest BCUT2D eigenvalue weighted by molar-refractivity contribution is -0.136. The number of thiazole rings is 1. The van der Waals surface area contributed by atoms with Crippen LogP contribution in [0.4, 0.5) is 0 Å². The second-order valence-corrected chi connectivity index (χ2v) is 3.67. The van der Waals surface area contributed by atoms with Crippen LogP contribution < -0.4 is 0 Å². The van der Waals surface area contributed by atoms with Gasteiger partial charge in [0.05, 0.1) is 12.1 Å². The molecule has 0 aliphatic carbocycles. The first-order valence-electron chi connectivity index (χ1n) is 4.05. The fourth-order valence-electron chi connectivity index (χ4n) is 1.13. The number of hydrogen-bond acceptors (Lipinski definition) is 3. The van der Waals surface area contributed by atoms with E-state index in [2.05, 4.69) is 9.97 Å². The summed E-state index contributed by atoms with van der Waals surface area (Å²) in [6, 6.07) is 1.91. The fraction of sp³-hybridized carbons (Fsp3) is 0.111. The zero-order valence-corrected chi connectivity index (χ0v) is 8.04. The number of rotatable bonds is 3. The molecular formula is C9H8N2O2S. The van der Waals surface area contributed by atoms with Crippen LogP contribution in [0.5, 0.6) is 0 Å². The topological polar surface area (TPSA) is 66.0 Å². The lowest BCUT2D eigenvalue weighted by atomic mass is 10.3. The smallest absolute Gasteiger partial charge is 0.309 e. The quantitative estimate of drug-likeness (QED) is 0.807. The number of aromatic amines is 1. The van der Waals surface area contributed by atoms with Crippen LogP contribution in [0.15, 0.2) is 23.8 Å². The largest absolute Gasteiger partial charge is 0.481 e. The summed E-state index contributed by atoms with van der Waals surface area (Å²) in [5.74, 6) is -0.851. The van der Waals surface area contributed by atoms with Gasteiger partial charge in [0, 0.05) is 23.3 Å². The first kappa shape index (κ1) is 8.96. The van der Waals surface area contributed by atoms with E-state index >= 15 is 0 Å². The Bertz CT molecular complexity index is 433. The van der Waals surface area contributed by atoms with Crippen LogP contribution >= 0.6 is 11.3 Å². The number of hydrogen-bond donors (Lipinski definition) is 2. The van der Waals surface area contributed by atoms with E-state index < -0.39 is 5.97 Å². The number of nitrogens with zero attached hydrogens (tertiary/aromatic N) is 1. The van der Waals surface area contributed by atoms with Gasteiger partial charge >= 0.3 is 5.97 Å². The number of H-pyrrole nitrogens is 1. The first-order valence-corrected chi connectivity index (χ1v) is 4.93. The highest BCUT2D eigenvalue weighted by molar-refractivity contribution is 7.13. The van der Waals surface area contributed by atoms with E-state index in [1.807, 2.05) is 18.5 Å². The molecule has 0 atom stereocenters. The van der Waals surface area contributed by atoms with E-state index in [0.29, 0.717) is 5.69 Å². The predicted octanol–water partition coefficient (Wildman–Crippen LogP) is 1.77. The van der Waals surface area contributed by atoms with Crippen molar-refractivity contribution in [2.45, 2.75) is 6.42 Å². The fourth-order valence-corrected chi connectivity index (χ4v) is 1.95. The van der Waals surface area contributed by atoms with Crippen LogP contribution in [0.1, 0.15) is 5.69 Å². The average molecular weight is 208 g/mol. The monoisotopic (exact) mass is 208 g/mol. The van der Waals surface area contributed by atoms with Gasteiger partial charge in [-0.15, -0.1) is 11.3 Å². The van der Waals surface area contributed by atoms with Crippen LogP contribution in [0.2, 0.25) is 0 Å². The van der Waals surface area contributed by atoms with Crippen molar-refractivity contribution >= 4 is 17.3 Å². The molecule has 2 N–H and O–H groups in total. The predicted molar refractivity (Wildman–Crippen MR) is 53.2 cm³/mol. The molecule has 72 valence electrons. The van der Waals surface area contributed by atoms with Gasteiger partial charge in [0.2, 0.25) is 0 Å². The highest BCUT2D eigenvalue weighted by Gasteiger charge is 2.07. The van der Waals surface area contributed by atoms with Crippen molar-refractivity contribution in [2.24, 2.45) is 0 Å². The number of carbonyl (C=O) groups is 1. The summed E-state index contributed by atoms with van der Waals surface area (Å²) in [5.41, 5.74) is 1.60. The summed E-state index contributed by atoms with van der Waals surface area (Å²) in [7, 11) is 0. The van der Waals surface area contributed by atoms with E-state index in [9.17, 15) is 4.79 Å². The van der Waals surface area contributed by atoms with Crippen molar-refractivity contribution in [2.75, 3.05) is 0 Å². The molecule has 0 aromatic carbocycles. The molecular weight excluding hydrogens is 200 g/mol. The van der Waals surface area contributed by atoms with E-state index in [1.54, 1.807) is 5.38 Å². The van der Waals surface area contributed by atoms with Crippen molar-refractivity contribution < 1.29 is 9.90 Å². The molecule has 14 heavy (non-hydrogen) atoms. The SMILES string of the molecule is O=C(O)Cc1csc(-c2cc[nH]c2)n1. The molecule has 0 amide bonds. The molecule has 0 radical (unpaired) electrons. The minimum absolute atomic E-state index is 0.0130. The maximum absolute atomic E-state index is 10.4. The molecule has 0 aliphatic rings. The van der Waals surface area contributed by atoms with Gasteiger partial charge < -0.3 is 10.1 Å². The molecule has 2 heterocycles. The molecule has 4 nitrogen and oxygen atoms in total. The van der Waals surface area contributed by atoms with Crippen LogP contribution in [0.25, 0.3) is 10.6 Å².